The molecule has 4 aliphatic heterocycles. The van der Waals surface area contributed by atoms with Gasteiger partial charge in [-0.2, -0.15) is 0 Å². The van der Waals surface area contributed by atoms with Crippen molar-refractivity contribution < 1.29 is 38.6 Å². The molecule has 0 aromatic heterocycles. The molecule has 0 bridgehead atoms. The summed E-state index contributed by atoms with van der Waals surface area (Å²) in [6.45, 7) is 14.7. The van der Waals surface area contributed by atoms with E-state index in [2.05, 4.69) is 53.7 Å². The van der Waals surface area contributed by atoms with Crippen molar-refractivity contribution in [2.75, 3.05) is 27.4 Å². The molecule has 0 aromatic carbocycles. The highest BCUT2D eigenvalue weighted by Gasteiger charge is 2.72. The van der Waals surface area contributed by atoms with Crippen molar-refractivity contribution >= 4 is 0 Å². The van der Waals surface area contributed by atoms with Crippen LogP contribution in [0.15, 0.2) is 12.2 Å². The summed E-state index contributed by atoms with van der Waals surface area (Å²) >= 11 is 0. The number of epoxide rings is 4. The molecule has 0 aromatic rings. The summed E-state index contributed by atoms with van der Waals surface area (Å²) in [7, 11) is 3.37. The smallest absolute Gasteiger partial charge is 0.106 e. The Bertz CT molecular complexity index is 913. The maximum Gasteiger partial charge on any atom is 0.106 e. The Labute approximate surface area is 241 Å². The molecule has 2 saturated carbocycles. The lowest BCUT2D eigenvalue weighted by molar-refractivity contribution is -0.116. The topological polar surface area (TPSA) is 109 Å². The number of ether oxygens (including phenoxy) is 6. The normalized spacial score (nSPS) is 50.9. The lowest BCUT2D eigenvalue weighted by Crippen LogP contribution is -2.54. The van der Waals surface area contributed by atoms with E-state index in [4.69, 9.17) is 28.4 Å². The van der Waals surface area contributed by atoms with Gasteiger partial charge in [-0.1, -0.05) is 39.8 Å². The van der Waals surface area contributed by atoms with Crippen LogP contribution in [0.5, 0.6) is 0 Å². The fourth-order valence-corrected chi connectivity index (χ4v) is 8.00. The third-order valence-electron chi connectivity index (χ3n) is 10.6. The van der Waals surface area contributed by atoms with E-state index in [-0.39, 0.29) is 52.6 Å². The van der Waals surface area contributed by atoms with Crippen LogP contribution >= 0.6 is 0 Å². The second-order valence-electron chi connectivity index (χ2n) is 14.4. The summed E-state index contributed by atoms with van der Waals surface area (Å²) in [6, 6.07) is 0. The summed E-state index contributed by atoms with van der Waals surface area (Å²) in [4.78, 5) is 0. The molecule has 0 amide bonds. The van der Waals surface area contributed by atoms with Crippen LogP contribution < -0.4 is 0 Å². The Kier molecular flexibility index (Phi) is 8.61. The van der Waals surface area contributed by atoms with Gasteiger partial charge in [0.05, 0.1) is 66.8 Å². The van der Waals surface area contributed by atoms with E-state index in [9.17, 15) is 10.2 Å². The van der Waals surface area contributed by atoms with Crippen molar-refractivity contribution in [3.63, 3.8) is 0 Å². The third kappa shape index (κ3) is 5.69. The average Bonchev–Trinajstić information content (AvgIpc) is 3.76. The summed E-state index contributed by atoms with van der Waals surface area (Å²) in [6.07, 6.45) is 9.15. The van der Waals surface area contributed by atoms with Crippen LogP contribution in [0.4, 0.5) is 0 Å². The molecule has 12 atom stereocenters. The van der Waals surface area contributed by atoms with Gasteiger partial charge in [-0.3, -0.25) is 0 Å². The second-order valence-corrected chi connectivity index (χ2v) is 14.4. The lowest BCUT2D eigenvalue weighted by Gasteiger charge is -2.41. The molecule has 8 heteroatoms. The van der Waals surface area contributed by atoms with Crippen LogP contribution in [0.3, 0.4) is 0 Å². The quantitative estimate of drug-likeness (QED) is 0.318. The lowest BCUT2D eigenvalue weighted by atomic mass is 9.68. The van der Waals surface area contributed by atoms with Crippen LogP contribution in [0, 0.1) is 23.7 Å². The highest BCUT2D eigenvalue weighted by atomic mass is 16.6. The SMILES string of the molecule is CO[C@@H]1[C@H](O)CC[C@]2(CO2)[C@H]1[C@@]1(C)O[C@@H]1/C=C/C(C)C.CO[C@@H]1[C@H](O)CC[C@]2(CO2)[C@H]1[C@@]1(C)O[C@@H]1CCC(C)C. The van der Waals surface area contributed by atoms with Gasteiger partial charge in [0.1, 0.15) is 17.3 Å². The summed E-state index contributed by atoms with van der Waals surface area (Å²) in [5.41, 5.74) is -0.687. The minimum atomic E-state index is -0.421. The van der Waals surface area contributed by atoms with Crippen molar-refractivity contribution in [1.82, 2.24) is 0 Å². The van der Waals surface area contributed by atoms with E-state index in [0.717, 1.165) is 45.3 Å². The van der Waals surface area contributed by atoms with Gasteiger partial charge in [-0.05, 0) is 64.2 Å². The first-order chi connectivity index (χ1) is 18.9. The van der Waals surface area contributed by atoms with E-state index in [1.165, 1.54) is 6.42 Å². The predicted molar refractivity (Wildman–Crippen MR) is 151 cm³/mol. The summed E-state index contributed by atoms with van der Waals surface area (Å²) in [5, 5.41) is 20.5. The zero-order valence-electron chi connectivity index (χ0n) is 25.9. The summed E-state index contributed by atoms with van der Waals surface area (Å²) in [5.74, 6) is 1.47. The van der Waals surface area contributed by atoms with Gasteiger partial charge in [-0.15, -0.1) is 0 Å². The minimum Gasteiger partial charge on any atom is -0.390 e. The van der Waals surface area contributed by atoms with Gasteiger partial charge in [0, 0.05) is 14.2 Å². The number of hydrogen-bond donors (Lipinski definition) is 2. The molecule has 2 aliphatic carbocycles. The van der Waals surface area contributed by atoms with Crippen LogP contribution in [0.1, 0.15) is 80.1 Å². The maximum atomic E-state index is 10.3. The van der Waals surface area contributed by atoms with Gasteiger partial charge in [0.2, 0.25) is 0 Å². The number of allylic oxidation sites excluding steroid dienone is 1. The van der Waals surface area contributed by atoms with E-state index in [0.29, 0.717) is 17.9 Å². The molecule has 6 rings (SSSR count). The molecule has 4 saturated heterocycles. The molecular formula is C32H54O8. The molecule has 6 aliphatic rings. The first kappa shape index (κ1) is 30.9. The third-order valence-corrected chi connectivity index (χ3v) is 10.6. The first-order valence-electron chi connectivity index (χ1n) is 15.6. The molecule has 0 radical (unpaired) electrons. The van der Waals surface area contributed by atoms with Crippen molar-refractivity contribution in [3.8, 4) is 0 Å². The minimum absolute atomic E-state index is 0.0960. The number of rotatable bonds is 9. The molecule has 4 heterocycles. The Morgan fingerprint density at radius 3 is 1.75 bits per heavy atom. The van der Waals surface area contributed by atoms with Crippen molar-refractivity contribution in [1.29, 1.82) is 0 Å². The van der Waals surface area contributed by atoms with Crippen LogP contribution in [-0.4, -0.2) is 96.7 Å². The van der Waals surface area contributed by atoms with E-state index in [1.54, 1.807) is 14.2 Å². The molecule has 230 valence electrons. The van der Waals surface area contributed by atoms with Gasteiger partial charge in [-0.25, -0.2) is 0 Å². The first-order valence-corrected chi connectivity index (χ1v) is 15.6. The number of aliphatic hydroxyl groups is 2. The molecule has 40 heavy (non-hydrogen) atoms. The Hall–Kier alpha value is -0.580. The number of hydrogen-bond acceptors (Lipinski definition) is 8. The van der Waals surface area contributed by atoms with Crippen molar-refractivity contribution in [2.24, 2.45) is 23.7 Å². The van der Waals surface area contributed by atoms with E-state index in [1.807, 2.05) is 0 Å². The Morgan fingerprint density at radius 1 is 0.825 bits per heavy atom. The largest absolute Gasteiger partial charge is 0.390 e. The fourth-order valence-electron chi connectivity index (χ4n) is 8.00. The monoisotopic (exact) mass is 566 g/mol. The molecule has 2 N–H and O–H groups in total. The molecule has 2 spiro atoms. The second kappa shape index (κ2) is 11.2. The van der Waals surface area contributed by atoms with Gasteiger partial charge in [0.15, 0.2) is 0 Å². The highest BCUT2D eigenvalue weighted by molar-refractivity contribution is 5.23. The molecule has 0 unspecified atom stereocenters. The Balaban J connectivity index is 0.000000161. The number of aliphatic hydroxyl groups excluding tert-OH is 2. The maximum absolute atomic E-state index is 10.3. The molecular weight excluding hydrogens is 512 g/mol. The highest BCUT2D eigenvalue weighted by Crippen LogP contribution is 2.60. The van der Waals surface area contributed by atoms with Crippen molar-refractivity contribution in [2.45, 2.75) is 139 Å². The van der Waals surface area contributed by atoms with Gasteiger partial charge in [0.25, 0.3) is 0 Å². The van der Waals surface area contributed by atoms with Crippen LogP contribution in [0.2, 0.25) is 0 Å². The zero-order chi connectivity index (χ0) is 29.1. The van der Waals surface area contributed by atoms with E-state index >= 15 is 0 Å². The number of methoxy groups -OCH3 is 2. The summed E-state index contributed by atoms with van der Waals surface area (Å²) < 4.78 is 34.9. The zero-order valence-corrected chi connectivity index (χ0v) is 25.9. The van der Waals surface area contributed by atoms with Crippen LogP contribution in [0.25, 0.3) is 0 Å². The van der Waals surface area contributed by atoms with E-state index < -0.39 is 12.2 Å². The average molecular weight is 567 g/mol. The predicted octanol–water partition coefficient (Wildman–Crippen LogP) is 4.05. The van der Waals surface area contributed by atoms with Crippen LogP contribution in [-0.2, 0) is 28.4 Å². The standard InChI is InChI=1S/C16H28O4.C16H26O4/c2*1-10(2)5-6-12-15(3,20-12)14-13(18-4)11(17)7-8-16(14)9-19-16/h10-14,17H,5-9H2,1-4H3;5-6,10-14,17H,7-9H2,1-4H3/b;6-5+/t2*11-,12-,13-,14-,15+,16+/m11/s1. The van der Waals surface area contributed by atoms with Gasteiger partial charge < -0.3 is 38.6 Å². The van der Waals surface area contributed by atoms with Crippen molar-refractivity contribution in [3.05, 3.63) is 12.2 Å². The fraction of sp³-hybridized carbons (Fsp3) is 0.938. The Morgan fingerprint density at radius 2 is 1.32 bits per heavy atom. The molecule has 8 nitrogen and oxygen atoms in total. The molecule has 6 fully saturated rings. The van der Waals surface area contributed by atoms with Gasteiger partial charge >= 0.3 is 0 Å².